The van der Waals surface area contributed by atoms with Gasteiger partial charge in [0.25, 0.3) is 0 Å². The molecule has 1 aromatic carbocycles. The molecule has 3 rings (SSSR count). The molecule has 1 unspecified atom stereocenters. The summed E-state index contributed by atoms with van der Waals surface area (Å²) in [4.78, 5) is 21.9. The zero-order chi connectivity index (χ0) is 19.1. The lowest BCUT2D eigenvalue weighted by atomic mass is 9.87. The topological polar surface area (TPSA) is 71.6 Å². The van der Waals surface area contributed by atoms with Gasteiger partial charge in [0, 0.05) is 25.0 Å². The Bertz CT molecular complexity index is 894. The van der Waals surface area contributed by atoms with Crippen molar-refractivity contribution in [3.05, 3.63) is 53.9 Å². The maximum atomic E-state index is 12.9. The van der Waals surface area contributed by atoms with Gasteiger partial charge < -0.3 is 5.73 Å². The van der Waals surface area contributed by atoms with E-state index in [9.17, 15) is 18.0 Å². The number of nitrogens with two attached hydrogens (primary N) is 1. The van der Waals surface area contributed by atoms with E-state index >= 15 is 0 Å². The number of carbonyl (C=O) groups excluding carboxylic acids is 1. The standard InChI is InChI=1S/C18H17F3N4O/c1-17(8-15(26)25(2)16(22)24-17)14-7-12(9-23-10-14)11-4-3-5-13(6-11)18(19,20)21/h3-7,9-10H,8H2,1-2H3,(H2,22,24). The Morgan fingerprint density at radius 3 is 2.58 bits per heavy atom. The van der Waals surface area contributed by atoms with Crippen LogP contribution in [0.3, 0.4) is 0 Å². The number of alkyl halides is 3. The van der Waals surface area contributed by atoms with Crippen LogP contribution in [0.2, 0.25) is 0 Å². The molecular weight excluding hydrogens is 345 g/mol. The minimum Gasteiger partial charge on any atom is -0.369 e. The van der Waals surface area contributed by atoms with E-state index in [2.05, 4.69) is 9.98 Å². The van der Waals surface area contributed by atoms with Crippen molar-refractivity contribution < 1.29 is 18.0 Å². The van der Waals surface area contributed by atoms with Crippen molar-refractivity contribution in [2.24, 2.45) is 10.7 Å². The number of aromatic nitrogens is 1. The highest BCUT2D eigenvalue weighted by Gasteiger charge is 2.36. The zero-order valence-corrected chi connectivity index (χ0v) is 14.2. The van der Waals surface area contributed by atoms with Gasteiger partial charge in [-0.05, 0) is 36.2 Å². The summed E-state index contributed by atoms with van der Waals surface area (Å²) >= 11 is 0. The summed E-state index contributed by atoms with van der Waals surface area (Å²) in [6, 6.07) is 6.71. The highest BCUT2D eigenvalue weighted by molar-refractivity contribution is 5.98. The van der Waals surface area contributed by atoms with E-state index in [4.69, 9.17) is 5.73 Å². The van der Waals surface area contributed by atoms with Gasteiger partial charge in [-0.15, -0.1) is 0 Å². The summed E-state index contributed by atoms with van der Waals surface area (Å²) in [5, 5.41) is 0. The summed E-state index contributed by atoms with van der Waals surface area (Å²) in [5.74, 6) is -0.0994. The molecule has 1 aromatic heterocycles. The predicted molar refractivity (Wildman–Crippen MR) is 91.0 cm³/mol. The Labute approximate surface area is 148 Å². The van der Waals surface area contributed by atoms with Crippen molar-refractivity contribution in [3.8, 4) is 11.1 Å². The third-order valence-corrected chi connectivity index (χ3v) is 4.46. The number of halogens is 3. The summed E-state index contributed by atoms with van der Waals surface area (Å²) in [7, 11) is 1.54. The number of hydrogen-bond acceptors (Lipinski definition) is 4. The van der Waals surface area contributed by atoms with Crippen LogP contribution in [0.4, 0.5) is 13.2 Å². The molecule has 1 aliphatic rings. The molecule has 0 fully saturated rings. The van der Waals surface area contributed by atoms with Crippen LogP contribution in [0, 0.1) is 0 Å². The van der Waals surface area contributed by atoms with Crippen molar-refractivity contribution in [1.82, 2.24) is 9.88 Å². The maximum Gasteiger partial charge on any atom is 0.416 e. The number of carbonyl (C=O) groups is 1. The average Bonchev–Trinajstić information content (AvgIpc) is 2.59. The highest BCUT2D eigenvalue weighted by atomic mass is 19.4. The van der Waals surface area contributed by atoms with Crippen molar-refractivity contribution in [2.45, 2.75) is 25.1 Å². The van der Waals surface area contributed by atoms with Gasteiger partial charge in [-0.25, -0.2) is 4.99 Å². The molecule has 1 atom stereocenters. The average molecular weight is 362 g/mol. The van der Waals surface area contributed by atoms with Gasteiger partial charge in [0.1, 0.15) is 0 Å². The maximum absolute atomic E-state index is 12.9. The van der Waals surface area contributed by atoms with Crippen molar-refractivity contribution >= 4 is 11.9 Å². The first-order valence-corrected chi connectivity index (χ1v) is 7.85. The van der Waals surface area contributed by atoms with E-state index in [-0.39, 0.29) is 18.3 Å². The lowest BCUT2D eigenvalue weighted by Crippen LogP contribution is -2.47. The predicted octanol–water partition coefficient (Wildman–Crippen LogP) is 3.16. The van der Waals surface area contributed by atoms with Crippen LogP contribution >= 0.6 is 0 Å². The second-order valence-electron chi connectivity index (χ2n) is 6.41. The first-order chi connectivity index (χ1) is 12.1. The molecule has 136 valence electrons. The molecule has 1 amide bonds. The van der Waals surface area contributed by atoms with Crippen LogP contribution in [0.25, 0.3) is 11.1 Å². The molecule has 0 saturated carbocycles. The van der Waals surface area contributed by atoms with Crippen molar-refractivity contribution in [2.75, 3.05) is 7.05 Å². The number of benzene rings is 1. The normalized spacial score (nSPS) is 20.9. The Kier molecular flexibility index (Phi) is 4.21. The first-order valence-electron chi connectivity index (χ1n) is 7.85. The number of pyridine rings is 1. The Hall–Kier alpha value is -2.90. The molecular formula is C18H17F3N4O. The number of nitrogens with zero attached hydrogens (tertiary/aromatic N) is 3. The fourth-order valence-electron chi connectivity index (χ4n) is 2.84. The SMILES string of the molecule is CN1C(=O)CC(C)(c2cncc(-c3cccc(C(F)(F)F)c3)c2)N=C1N. The third-order valence-electron chi connectivity index (χ3n) is 4.46. The molecule has 26 heavy (non-hydrogen) atoms. The van der Waals surface area contributed by atoms with Crippen LogP contribution in [0.1, 0.15) is 24.5 Å². The minimum absolute atomic E-state index is 0.0909. The molecule has 0 saturated heterocycles. The number of rotatable bonds is 2. The summed E-state index contributed by atoms with van der Waals surface area (Å²) in [6.07, 6.45) is -1.30. The molecule has 1 aliphatic heterocycles. The largest absolute Gasteiger partial charge is 0.416 e. The number of guanidine groups is 1. The van der Waals surface area contributed by atoms with Gasteiger partial charge in [0.15, 0.2) is 5.96 Å². The smallest absolute Gasteiger partial charge is 0.369 e. The molecule has 0 radical (unpaired) electrons. The molecule has 5 nitrogen and oxygen atoms in total. The molecule has 0 bridgehead atoms. The summed E-state index contributed by atoms with van der Waals surface area (Å²) in [5.41, 5.74) is 5.66. The lowest BCUT2D eigenvalue weighted by molar-refractivity contribution is -0.137. The van der Waals surface area contributed by atoms with Gasteiger partial charge >= 0.3 is 6.18 Å². The minimum atomic E-state index is -4.42. The van der Waals surface area contributed by atoms with E-state index < -0.39 is 17.3 Å². The van der Waals surface area contributed by atoms with Crippen LogP contribution in [-0.4, -0.2) is 28.8 Å². The highest BCUT2D eigenvalue weighted by Crippen LogP contribution is 2.36. The van der Waals surface area contributed by atoms with E-state index in [1.807, 2.05) is 0 Å². The summed E-state index contributed by atoms with van der Waals surface area (Å²) < 4.78 is 38.8. The molecule has 2 N–H and O–H groups in total. The Morgan fingerprint density at radius 1 is 1.19 bits per heavy atom. The first kappa shape index (κ1) is 17.9. The second kappa shape index (κ2) is 6.12. The molecule has 2 heterocycles. The molecule has 0 spiro atoms. The van der Waals surface area contributed by atoms with E-state index in [1.165, 1.54) is 24.2 Å². The monoisotopic (exact) mass is 362 g/mol. The van der Waals surface area contributed by atoms with Crippen LogP contribution < -0.4 is 5.73 Å². The zero-order valence-electron chi connectivity index (χ0n) is 14.2. The van der Waals surface area contributed by atoms with Crippen LogP contribution in [0.5, 0.6) is 0 Å². The Balaban J connectivity index is 2.04. The molecule has 2 aromatic rings. The van der Waals surface area contributed by atoms with E-state index in [0.29, 0.717) is 16.7 Å². The van der Waals surface area contributed by atoms with Gasteiger partial charge in [-0.3, -0.25) is 14.7 Å². The van der Waals surface area contributed by atoms with Crippen molar-refractivity contribution in [3.63, 3.8) is 0 Å². The van der Waals surface area contributed by atoms with Gasteiger partial charge in [-0.1, -0.05) is 12.1 Å². The second-order valence-corrected chi connectivity index (χ2v) is 6.41. The fraction of sp³-hybridized carbons (Fsp3) is 0.278. The van der Waals surface area contributed by atoms with E-state index in [1.54, 1.807) is 25.3 Å². The van der Waals surface area contributed by atoms with Crippen molar-refractivity contribution in [1.29, 1.82) is 0 Å². The molecule has 8 heteroatoms. The molecule has 0 aliphatic carbocycles. The number of hydrogen-bond donors (Lipinski definition) is 1. The lowest BCUT2D eigenvalue weighted by Gasteiger charge is -2.33. The van der Waals surface area contributed by atoms with E-state index in [0.717, 1.165) is 12.1 Å². The number of amides is 1. The third kappa shape index (κ3) is 3.26. The number of aliphatic imine (C=N–C) groups is 1. The van der Waals surface area contributed by atoms with Gasteiger partial charge in [0.05, 0.1) is 17.5 Å². The van der Waals surface area contributed by atoms with Crippen LogP contribution in [0.15, 0.2) is 47.7 Å². The Morgan fingerprint density at radius 2 is 1.92 bits per heavy atom. The van der Waals surface area contributed by atoms with Gasteiger partial charge in [0.2, 0.25) is 5.91 Å². The van der Waals surface area contributed by atoms with Gasteiger partial charge in [-0.2, -0.15) is 13.2 Å². The van der Waals surface area contributed by atoms with Crippen LogP contribution in [-0.2, 0) is 16.5 Å². The summed E-state index contributed by atoms with van der Waals surface area (Å²) in [6.45, 7) is 1.75. The fourth-order valence-corrected chi connectivity index (χ4v) is 2.84. The quantitative estimate of drug-likeness (QED) is 0.892.